The van der Waals surface area contributed by atoms with E-state index in [1.807, 2.05) is 30.5 Å². The molecule has 29 heavy (non-hydrogen) atoms. The Labute approximate surface area is 173 Å². The SMILES string of the molecule is COc1cc(C(=O)c2cnc[nH]2)c(-c2c[nH]c3ccccc23)c(OC)c1OC.Cl. The van der Waals surface area contributed by atoms with E-state index in [0.717, 1.165) is 16.5 Å². The van der Waals surface area contributed by atoms with E-state index in [0.29, 0.717) is 34.1 Å². The number of rotatable bonds is 6. The molecule has 0 aliphatic rings. The third kappa shape index (κ3) is 3.30. The molecular weight excluding hydrogens is 394 g/mol. The molecule has 2 N–H and O–H groups in total. The Bertz CT molecular complexity index is 1150. The number of nitrogens with one attached hydrogen (secondary N) is 2. The fourth-order valence-corrected chi connectivity index (χ4v) is 3.41. The van der Waals surface area contributed by atoms with Crippen LogP contribution in [0.2, 0.25) is 0 Å². The summed E-state index contributed by atoms with van der Waals surface area (Å²) < 4.78 is 16.7. The number of fused-ring (bicyclic) bond motifs is 1. The summed E-state index contributed by atoms with van der Waals surface area (Å²) in [7, 11) is 4.60. The summed E-state index contributed by atoms with van der Waals surface area (Å²) in [6.07, 6.45) is 4.82. The number of hydrogen-bond acceptors (Lipinski definition) is 5. The highest BCUT2D eigenvalue weighted by Gasteiger charge is 2.27. The van der Waals surface area contributed by atoms with E-state index < -0.39 is 0 Å². The number of carbonyl (C=O) groups is 1. The number of carbonyl (C=O) groups excluding carboxylic acids is 1. The Morgan fingerprint density at radius 1 is 1.00 bits per heavy atom. The van der Waals surface area contributed by atoms with Crippen molar-refractivity contribution < 1.29 is 19.0 Å². The van der Waals surface area contributed by atoms with Crippen molar-refractivity contribution in [2.75, 3.05) is 21.3 Å². The average Bonchev–Trinajstić information content (AvgIpc) is 3.41. The molecule has 0 aliphatic carbocycles. The van der Waals surface area contributed by atoms with Crippen LogP contribution < -0.4 is 14.2 Å². The van der Waals surface area contributed by atoms with Gasteiger partial charge in [0.25, 0.3) is 0 Å². The van der Waals surface area contributed by atoms with E-state index in [1.54, 1.807) is 13.2 Å². The summed E-state index contributed by atoms with van der Waals surface area (Å²) in [5, 5.41) is 0.965. The number of H-pyrrole nitrogens is 2. The Balaban J connectivity index is 0.00000240. The molecule has 4 rings (SSSR count). The molecule has 0 saturated carbocycles. The molecule has 4 aromatic rings. The Hall–Kier alpha value is -3.45. The maximum atomic E-state index is 13.3. The molecule has 150 valence electrons. The molecule has 8 heteroatoms. The first-order valence-electron chi connectivity index (χ1n) is 8.62. The minimum Gasteiger partial charge on any atom is -0.493 e. The third-order valence-corrected chi connectivity index (χ3v) is 4.68. The summed E-state index contributed by atoms with van der Waals surface area (Å²) in [5.74, 6) is 1.03. The summed E-state index contributed by atoms with van der Waals surface area (Å²) >= 11 is 0. The number of para-hydroxylation sites is 1. The van der Waals surface area contributed by atoms with E-state index in [4.69, 9.17) is 14.2 Å². The highest BCUT2D eigenvalue weighted by Crippen LogP contribution is 2.48. The number of benzene rings is 2. The molecule has 2 heterocycles. The number of methoxy groups -OCH3 is 3. The van der Waals surface area contributed by atoms with Crippen LogP contribution in [-0.4, -0.2) is 42.1 Å². The number of hydrogen-bond donors (Lipinski definition) is 2. The number of aromatic nitrogens is 3. The van der Waals surface area contributed by atoms with Gasteiger partial charge < -0.3 is 24.2 Å². The van der Waals surface area contributed by atoms with Crippen LogP contribution in [-0.2, 0) is 0 Å². The fourth-order valence-electron chi connectivity index (χ4n) is 3.41. The van der Waals surface area contributed by atoms with Crippen LogP contribution >= 0.6 is 12.4 Å². The third-order valence-electron chi connectivity index (χ3n) is 4.68. The van der Waals surface area contributed by atoms with Crippen LogP contribution in [0.5, 0.6) is 17.2 Å². The molecule has 0 bridgehead atoms. The van der Waals surface area contributed by atoms with Crippen molar-refractivity contribution in [1.82, 2.24) is 15.0 Å². The van der Waals surface area contributed by atoms with Gasteiger partial charge in [-0.2, -0.15) is 0 Å². The summed E-state index contributed by atoms with van der Waals surface area (Å²) in [5.41, 5.74) is 3.20. The lowest BCUT2D eigenvalue weighted by Gasteiger charge is -2.19. The number of ether oxygens (including phenoxy) is 3. The largest absolute Gasteiger partial charge is 0.493 e. The standard InChI is InChI=1S/C21H19N3O4.ClH/c1-26-17-8-13(19(25)16-10-22-11-24-16)18(21(28-3)20(17)27-2)14-9-23-15-7-5-4-6-12(14)15;/h4-11,23H,1-3H3,(H,22,24);1H. The van der Waals surface area contributed by atoms with Crippen LogP contribution in [0.3, 0.4) is 0 Å². The van der Waals surface area contributed by atoms with Gasteiger partial charge in [0.05, 0.1) is 33.9 Å². The van der Waals surface area contributed by atoms with Crippen molar-refractivity contribution in [1.29, 1.82) is 0 Å². The van der Waals surface area contributed by atoms with Crippen molar-refractivity contribution in [3.63, 3.8) is 0 Å². The number of imidazole rings is 1. The van der Waals surface area contributed by atoms with Crippen LogP contribution in [0.4, 0.5) is 0 Å². The quantitative estimate of drug-likeness (QED) is 0.461. The van der Waals surface area contributed by atoms with Gasteiger partial charge in [-0.15, -0.1) is 12.4 Å². The minimum atomic E-state index is -0.225. The van der Waals surface area contributed by atoms with Gasteiger partial charge in [-0.25, -0.2) is 4.98 Å². The highest BCUT2D eigenvalue weighted by atomic mass is 35.5. The van der Waals surface area contributed by atoms with Gasteiger partial charge in [0.2, 0.25) is 11.5 Å². The van der Waals surface area contributed by atoms with Crippen molar-refractivity contribution in [3.8, 4) is 28.4 Å². The van der Waals surface area contributed by atoms with Gasteiger partial charge in [0.15, 0.2) is 11.5 Å². The van der Waals surface area contributed by atoms with Crippen LogP contribution in [0.15, 0.2) is 49.1 Å². The second kappa shape index (κ2) is 8.28. The fraction of sp³-hybridized carbons (Fsp3) is 0.143. The Morgan fingerprint density at radius 2 is 1.76 bits per heavy atom. The topological polar surface area (TPSA) is 89.2 Å². The van der Waals surface area contributed by atoms with E-state index in [1.165, 1.54) is 26.7 Å². The predicted molar refractivity (Wildman–Crippen MR) is 113 cm³/mol. The number of nitrogens with zero attached hydrogens (tertiary/aromatic N) is 1. The molecule has 0 radical (unpaired) electrons. The first-order chi connectivity index (χ1) is 13.7. The monoisotopic (exact) mass is 413 g/mol. The molecular formula is C21H20ClN3O4. The number of halogens is 1. The van der Waals surface area contributed by atoms with E-state index >= 15 is 0 Å². The summed E-state index contributed by atoms with van der Waals surface area (Å²) in [6, 6.07) is 9.53. The smallest absolute Gasteiger partial charge is 0.211 e. The molecule has 0 unspecified atom stereocenters. The highest BCUT2D eigenvalue weighted by molar-refractivity contribution is 6.15. The zero-order chi connectivity index (χ0) is 19.7. The molecule has 2 aromatic carbocycles. The van der Waals surface area contributed by atoms with E-state index in [-0.39, 0.29) is 18.2 Å². The second-order valence-corrected chi connectivity index (χ2v) is 6.11. The molecule has 0 spiro atoms. The van der Waals surface area contributed by atoms with Crippen LogP contribution in [0.25, 0.3) is 22.0 Å². The normalized spacial score (nSPS) is 10.4. The molecule has 0 amide bonds. The minimum absolute atomic E-state index is 0. The molecule has 0 fully saturated rings. The number of ketones is 1. The van der Waals surface area contributed by atoms with Crippen LogP contribution in [0.1, 0.15) is 16.1 Å². The van der Waals surface area contributed by atoms with Crippen molar-refractivity contribution >= 4 is 29.1 Å². The van der Waals surface area contributed by atoms with Gasteiger partial charge in [-0.3, -0.25) is 4.79 Å². The first-order valence-corrected chi connectivity index (χ1v) is 8.62. The lowest BCUT2D eigenvalue weighted by molar-refractivity contribution is 0.103. The molecule has 0 atom stereocenters. The number of aromatic amines is 2. The average molecular weight is 414 g/mol. The Morgan fingerprint density at radius 3 is 2.41 bits per heavy atom. The van der Waals surface area contributed by atoms with Gasteiger partial charge in [-0.05, 0) is 12.1 Å². The van der Waals surface area contributed by atoms with Gasteiger partial charge >= 0.3 is 0 Å². The van der Waals surface area contributed by atoms with Crippen molar-refractivity contribution in [2.45, 2.75) is 0 Å². The predicted octanol–water partition coefficient (Wildman–Crippen LogP) is 4.24. The van der Waals surface area contributed by atoms with Crippen molar-refractivity contribution in [2.24, 2.45) is 0 Å². The van der Waals surface area contributed by atoms with E-state index in [2.05, 4.69) is 15.0 Å². The summed E-state index contributed by atoms with van der Waals surface area (Å²) in [6.45, 7) is 0. The zero-order valence-electron chi connectivity index (χ0n) is 16.1. The molecule has 7 nitrogen and oxygen atoms in total. The molecule has 0 aliphatic heterocycles. The van der Waals surface area contributed by atoms with E-state index in [9.17, 15) is 4.79 Å². The molecule has 0 saturated heterocycles. The van der Waals surface area contributed by atoms with Gasteiger partial charge in [-0.1, -0.05) is 18.2 Å². The molecule has 2 aromatic heterocycles. The lowest BCUT2D eigenvalue weighted by Crippen LogP contribution is -2.07. The maximum absolute atomic E-state index is 13.3. The van der Waals surface area contributed by atoms with Crippen LogP contribution in [0, 0.1) is 0 Å². The first kappa shape index (κ1) is 20.3. The lowest BCUT2D eigenvalue weighted by atomic mass is 9.93. The van der Waals surface area contributed by atoms with Gasteiger partial charge in [0.1, 0.15) is 5.69 Å². The Kier molecular flexibility index (Phi) is 5.79. The van der Waals surface area contributed by atoms with Crippen molar-refractivity contribution in [3.05, 3.63) is 60.3 Å². The summed E-state index contributed by atoms with van der Waals surface area (Å²) in [4.78, 5) is 23.3. The maximum Gasteiger partial charge on any atom is 0.211 e. The second-order valence-electron chi connectivity index (χ2n) is 6.11. The van der Waals surface area contributed by atoms with Gasteiger partial charge in [0, 0.05) is 33.8 Å². The zero-order valence-corrected chi connectivity index (χ0v) is 16.9.